The van der Waals surface area contributed by atoms with E-state index in [2.05, 4.69) is 33.8 Å². The summed E-state index contributed by atoms with van der Waals surface area (Å²) >= 11 is 1.65. The maximum absolute atomic E-state index is 5.36. The third kappa shape index (κ3) is 2.47. The molecule has 0 aromatic carbocycles. The van der Waals surface area contributed by atoms with E-state index in [0.29, 0.717) is 11.8 Å². The first-order chi connectivity index (χ1) is 8.83. The lowest BCUT2D eigenvalue weighted by molar-refractivity contribution is 0.360. The highest BCUT2D eigenvalue weighted by molar-refractivity contribution is 7.13. The smallest absolute Gasteiger partial charge is 0.268 e. The predicted octanol–water partition coefficient (Wildman–Crippen LogP) is 2.65. The molecule has 1 unspecified atom stereocenters. The van der Waals surface area contributed by atoms with Crippen LogP contribution >= 0.6 is 11.3 Å². The predicted molar refractivity (Wildman–Crippen MR) is 71.6 cm³/mol. The molecule has 4 nitrogen and oxygen atoms in total. The SMILES string of the molecule is Cc1ccsc1-c1nc(CC2CCCNC2)no1. The summed E-state index contributed by atoms with van der Waals surface area (Å²) < 4.78 is 5.36. The van der Waals surface area contributed by atoms with Crippen molar-refractivity contribution in [2.75, 3.05) is 13.1 Å². The Hall–Kier alpha value is -1.20. The summed E-state index contributed by atoms with van der Waals surface area (Å²) in [5.41, 5.74) is 1.20. The zero-order valence-corrected chi connectivity index (χ0v) is 11.3. The Labute approximate surface area is 110 Å². The third-order valence-corrected chi connectivity index (χ3v) is 4.40. The molecule has 5 heteroatoms. The van der Waals surface area contributed by atoms with Gasteiger partial charge in [0.25, 0.3) is 5.89 Å². The average molecular weight is 263 g/mol. The van der Waals surface area contributed by atoms with E-state index >= 15 is 0 Å². The van der Waals surface area contributed by atoms with Crippen molar-refractivity contribution in [2.24, 2.45) is 5.92 Å². The minimum Gasteiger partial charge on any atom is -0.333 e. The molecule has 1 fully saturated rings. The molecule has 1 aliphatic heterocycles. The second-order valence-corrected chi connectivity index (χ2v) is 5.78. The molecular weight excluding hydrogens is 246 g/mol. The molecule has 0 spiro atoms. The molecule has 0 saturated carbocycles. The molecule has 96 valence electrons. The molecule has 3 heterocycles. The molecule has 1 atom stereocenters. The fraction of sp³-hybridized carbons (Fsp3) is 0.538. The first-order valence-corrected chi connectivity index (χ1v) is 7.28. The van der Waals surface area contributed by atoms with Crippen molar-refractivity contribution in [3.63, 3.8) is 0 Å². The molecule has 0 aliphatic carbocycles. The Bertz CT molecular complexity index is 514. The minimum atomic E-state index is 0.647. The van der Waals surface area contributed by atoms with Gasteiger partial charge in [-0.3, -0.25) is 0 Å². The van der Waals surface area contributed by atoms with Gasteiger partial charge in [-0.25, -0.2) is 0 Å². The molecule has 0 bridgehead atoms. The lowest BCUT2D eigenvalue weighted by Crippen LogP contribution is -2.31. The number of hydrogen-bond donors (Lipinski definition) is 1. The van der Waals surface area contributed by atoms with Crippen LogP contribution in [0.5, 0.6) is 0 Å². The Morgan fingerprint density at radius 3 is 3.22 bits per heavy atom. The number of aromatic nitrogens is 2. The van der Waals surface area contributed by atoms with Gasteiger partial charge < -0.3 is 9.84 Å². The Balaban J connectivity index is 1.71. The molecule has 0 amide bonds. The lowest BCUT2D eigenvalue weighted by Gasteiger charge is -2.20. The Morgan fingerprint density at radius 2 is 2.50 bits per heavy atom. The van der Waals surface area contributed by atoms with Gasteiger partial charge in [-0.1, -0.05) is 5.16 Å². The third-order valence-electron chi connectivity index (χ3n) is 3.39. The van der Waals surface area contributed by atoms with E-state index in [1.165, 1.54) is 18.4 Å². The topological polar surface area (TPSA) is 51.0 Å². The summed E-state index contributed by atoms with van der Waals surface area (Å²) in [6.07, 6.45) is 3.43. The van der Waals surface area contributed by atoms with Crippen LogP contribution < -0.4 is 5.32 Å². The number of hydrogen-bond acceptors (Lipinski definition) is 5. The van der Waals surface area contributed by atoms with E-state index in [-0.39, 0.29) is 0 Å². The summed E-state index contributed by atoms with van der Waals surface area (Å²) in [5.74, 6) is 2.15. The zero-order valence-electron chi connectivity index (χ0n) is 10.5. The minimum absolute atomic E-state index is 0.647. The van der Waals surface area contributed by atoms with Crippen molar-refractivity contribution in [3.8, 4) is 10.8 Å². The summed E-state index contributed by atoms with van der Waals surface area (Å²) in [7, 11) is 0. The molecule has 3 rings (SSSR count). The van der Waals surface area contributed by atoms with Crippen LogP contribution in [0.25, 0.3) is 10.8 Å². The standard InChI is InChI=1S/C13H17N3OS/c1-9-4-6-18-12(9)13-15-11(16-17-13)7-10-3-2-5-14-8-10/h4,6,10,14H,2-3,5,7-8H2,1H3. The number of nitrogens with one attached hydrogen (secondary N) is 1. The molecular formula is C13H17N3OS. The van der Waals surface area contributed by atoms with Crippen LogP contribution in [-0.2, 0) is 6.42 Å². The number of aryl methyl sites for hydroxylation is 1. The van der Waals surface area contributed by atoms with Crippen molar-refractivity contribution in [1.29, 1.82) is 0 Å². The number of piperidine rings is 1. The summed E-state index contributed by atoms with van der Waals surface area (Å²) in [6, 6.07) is 2.08. The average Bonchev–Trinajstić information content (AvgIpc) is 2.99. The molecule has 1 N–H and O–H groups in total. The first kappa shape index (κ1) is 11.9. The van der Waals surface area contributed by atoms with Crippen molar-refractivity contribution >= 4 is 11.3 Å². The van der Waals surface area contributed by atoms with Crippen LogP contribution in [0.1, 0.15) is 24.2 Å². The van der Waals surface area contributed by atoms with E-state index in [0.717, 1.165) is 30.2 Å². The van der Waals surface area contributed by atoms with Gasteiger partial charge in [0.2, 0.25) is 0 Å². The number of rotatable bonds is 3. The van der Waals surface area contributed by atoms with Gasteiger partial charge in [0.15, 0.2) is 5.82 Å². The normalized spacial score (nSPS) is 20.2. The summed E-state index contributed by atoms with van der Waals surface area (Å²) in [5, 5.41) is 9.57. The van der Waals surface area contributed by atoms with Crippen LogP contribution in [-0.4, -0.2) is 23.2 Å². The van der Waals surface area contributed by atoms with Crippen molar-refractivity contribution in [3.05, 3.63) is 22.8 Å². The van der Waals surface area contributed by atoms with E-state index in [4.69, 9.17) is 4.52 Å². The van der Waals surface area contributed by atoms with Gasteiger partial charge in [-0.15, -0.1) is 11.3 Å². The summed E-state index contributed by atoms with van der Waals surface area (Å²) in [6.45, 7) is 4.28. The Kier molecular flexibility index (Phi) is 3.43. The largest absolute Gasteiger partial charge is 0.333 e. The van der Waals surface area contributed by atoms with Gasteiger partial charge >= 0.3 is 0 Å². The van der Waals surface area contributed by atoms with Crippen LogP contribution in [0.2, 0.25) is 0 Å². The molecule has 0 radical (unpaired) electrons. The second kappa shape index (κ2) is 5.20. The maximum Gasteiger partial charge on any atom is 0.268 e. The highest BCUT2D eigenvalue weighted by Gasteiger charge is 2.18. The second-order valence-electron chi connectivity index (χ2n) is 4.86. The highest BCUT2D eigenvalue weighted by atomic mass is 32.1. The molecule has 1 saturated heterocycles. The number of thiophene rings is 1. The quantitative estimate of drug-likeness (QED) is 0.925. The fourth-order valence-corrected chi connectivity index (χ4v) is 3.22. The molecule has 18 heavy (non-hydrogen) atoms. The van der Waals surface area contributed by atoms with Crippen LogP contribution in [0.15, 0.2) is 16.0 Å². The van der Waals surface area contributed by atoms with Gasteiger partial charge in [0.05, 0.1) is 4.88 Å². The maximum atomic E-state index is 5.36. The van der Waals surface area contributed by atoms with E-state index < -0.39 is 0 Å². The monoisotopic (exact) mass is 263 g/mol. The molecule has 2 aromatic heterocycles. The van der Waals surface area contributed by atoms with E-state index in [1.807, 2.05) is 0 Å². The van der Waals surface area contributed by atoms with Gasteiger partial charge in [-0.05, 0) is 55.8 Å². The van der Waals surface area contributed by atoms with Gasteiger partial charge in [-0.2, -0.15) is 4.98 Å². The van der Waals surface area contributed by atoms with Crippen LogP contribution in [0.3, 0.4) is 0 Å². The van der Waals surface area contributed by atoms with Crippen LogP contribution in [0, 0.1) is 12.8 Å². The highest BCUT2D eigenvalue weighted by Crippen LogP contribution is 2.27. The van der Waals surface area contributed by atoms with Crippen LogP contribution in [0.4, 0.5) is 0 Å². The Morgan fingerprint density at radius 1 is 1.56 bits per heavy atom. The van der Waals surface area contributed by atoms with E-state index in [1.54, 1.807) is 11.3 Å². The number of nitrogens with zero attached hydrogens (tertiary/aromatic N) is 2. The van der Waals surface area contributed by atoms with Crippen molar-refractivity contribution in [1.82, 2.24) is 15.5 Å². The summed E-state index contributed by atoms with van der Waals surface area (Å²) in [4.78, 5) is 5.61. The zero-order chi connectivity index (χ0) is 12.4. The van der Waals surface area contributed by atoms with Crippen molar-refractivity contribution < 1.29 is 4.52 Å². The van der Waals surface area contributed by atoms with Crippen molar-refractivity contribution in [2.45, 2.75) is 26.2 Å². The lowest BCUT2D eigenvalue weighted by atomic mass is 9.96. The van der Waals surface area contributed by atoms with Gasteiger partial charge in [0.1, 0.15) is 0 Å². The fourth-order valence-electron chi connectivity index (χ4n) is 2.38. The van der Waals surface area contributed by atoms with Gasteiger partial charge in [0, 0.05) is 6.42 Å². The molecule has 2 aromatic rings. The molecule has 1 aliphatic rings. The first-order valence-electron chi connectivity index (χ1n) is 6.40. The van der Waals surface area contributed by atoms with E-state index in [9.17, 15) is 0 Å².